The van der Waals surface area contributed by atoms with E-state index in [1.807, 2.05) is 54.6 Å². The number of urea groups is 1. The van der Waals surface area contributed by atoms with E-state index in [0.717, 1.165) is 56.1 Å². The number of hydrogen-bond acceptors (Lipinski definition) is 3. The van der Waals surface area contributed by atoms with Crippen LogP contribution in [0.2, 0.25) is 0 Å². The van der Waals surface area contributed by atoms with E-state index < -0.39 is 0 Å². The lowest BCUT2D eigenvalue weighted by Gasteiger charge is -2.26. The van der Waals surface area contributed by atoms with Crippen LogP contribution in [-0.4, -0.2) is 50.3 Å². The molecule has 1 aliphatic heterocycles. The van der Waals surface area contributed by atoms with E-state index in [1.54, 1.807) is 0 Å². The van der Waals surface area contributed by atoms with Gasteiger partial charge < -0.3 is 15.4 Å². The van der Waals surface area contributed by atoms with Crippen molar-refractivity contribution in [2.75, 3.05) is 44.7 Å². The number of carbonyl (C=O) groups excluding carboxylic acids is 1. The molecule has 3 rings (SSSR count). The van der Waals surface area contributed by atoms with E-state index in [4.69, 9.17) is 4.74 Å². The molecule has 1 fully saturated rings. The molecule has 2 aromatic rings. The average molecular weight is 339 g/mol. The zero-order valence-corrected chi connectivity index (χ0v) is 14.4. The molecule has 2 aromatic carbocycles. The Kier molecular flexibility index (Phi) is 6.42. The lowest BCUT2D eigenvalue weighted by atomic mass is 10.0. The van der Waals surface area contributed by atoms with Gasteiger partial charge in [-0.05, 0) is 24.6 Å². The van der Waals surface area contributed by atoms with Gasteiger partial charge in [0.1, 0.15) is 0 Å². The van der Waals surface area contributed by atoms with Crippen molar-refractivity contribution >= 4 is 11.7 Å². The third kappa shape index (κ3) is 5.31. The third-order valence-corrected chi connectivity index (χ3v) is 4.30. The summed E-state index contributed by atoms with van der Waals surface area (Å²) in [5.74, 6) is 0. The molecule has 25 heavy (non-hydrogen) atoms. The quantitative estimate of drug-likeness (QED) is 0.795. The lowest BCUT2D eigenvalue weighted by molar-refractivity contribution is 0.0375. The fourth-order valence-corrected chi connectivity index (χ4v) is 2.96. The minimum Gasteiger partial charge on any atom is -0.379 e. The molecule has 0 saturated carbocycles. The minimum absolute atomic E-state index is 0.162. The van der Waals surface area contributed by atoms with E-state index >= 15 is 0 Å². The minimum atomic E-state index is -0.162. The molecule has 0 bridgehead atoms. The Labute approximate surface area is 149 Å². The highest BCUT2D eigenvalue weighted by molar-refractivity contribution is 5.94. The molecular formula is C20H25N3O2. The number of nitrogens with zero attached hydrogens (tertiary/aromatic N) is 1. The molecular weight excluding hydrogens is 314 g/mol. The second kappa shape index (κ2) is 9.20. The normalized spacial score (nSPS) is 14.9. The smallest absolute Gasteiger partial charge is 0.319 e. The summed E-state index contributed by atoms with van der Waals surface area (Å²) in [6, 6.07) is 17.8. The van der Waals surface area contributed by atoms with Gasteiger partial charge in [-0.15, -0.1) is 0 Å². The highest BCUT2D eigenvalue weighted by Gasteiger charge is 2.10. The van der Waals surface area contributed by atoms with Gasteiger partial charge in [-0.2, -0.15) is 0 Å². The van der Waals surface area contributed by atoms with Crippen LogP contribution in [0.1, 0.15) is 6.42 Å². The Morgan fingerprint density at radius 2 is 1.72 bits per heavy atom. The maximum absolute atomic E-state index is 12.2. The average Bonchev–Trinajstić information content (AvgIpc) is 2.67. The van der Waals surface area contributed by atoms with Gasteiger partial charge >= 0.3 is 6.03 Å². The van der Waals surface area contributed by atoms with E-state index in [1.165, 1.54) is 0 Å². The van der Waals surface area contributed by atoms with E-state index in [2.05, 4.69) is 15.5 Å². The molecule has 1 heterocycles. The van der Waals surface area contributed by atoms with Crippen molar-refractivity contribution in [1.82, 2.24) is 10.2 Å². The molecule has 5 nitrogen and oxygen atoms in total. The number of amides is 2. The fourth-order valence-electron chi connectivity index (χ4n) is 2.96. The molecule has 0 aromatic heterocycles. The van der Waals surface area contributed by atoms with Gasteiger partial charge in [0.2, 0.25) is 0 Å². The molecule has 0 atom stereocenters. The fraction of sp³-hybridized carbons (Fsp3) is 0.350. The van der Waals surface area contributed by atoms with Gasteiger partial charge in [-0.25, -0.2) is 4.79 Å². The molecule has 1 aliphatic rings. The van der Waals surface area contributed by atoms with Gasteiger partial charge in [-0.3, -0.25) is 4.90 Å². The standard InChI is InChI=1S/C20H25N3O2/c24-20(21-11-6-12-23-13-15-25-16-14-23)22-19-10-5-4-9-18(19)17-7-2-1-3-8-17/h1-5,7-10H,6,11-16H2,(H2,21,22,24). The van der Waals surface area contributed by atoms with Gasteiger partial charge in [-0.1, -0.05) is 48.5 Å². The second-order valence-corrected chi connectivity index (χ2v) is 6.10. The summed E-state index contributed by atoms with van der Waals surface area (Å²) in [5.41, 5.74) is 2.93. The summed E-state index contributed by atoms with van der Waals surface area (Å²) >= 11 is 0. The molecule has 2 N–H and O–H groups in total. The molecule has 132 valence electrons. The third-order valence-electron chi connectivity index (χ3n) is 4.30. The molecule has 0 unspecified atom stereocenters. The number of hydrogen-bond donors (Lipinski definition) is 2. The van der Waals surface area contributed by atoms with Gasteiger partial charge in [0.25, 0.3) is 0 Å². The van der Waals surface area contributed by atoms with Gasteiger partial charge in [0.05, 0.1) is 18.9 Å². The second-order valence-electron chi connectivity index (χ2n) is 6.10. The van der Waals surface area contributed by atoms with Crippen molar-refractivity contribution in [2.45, 2.75) is 6.42 Å². The molecule has 2 amide bonds. The number of carbonyl (C=O) groups is 1. The predicted octanol–water partition coefficient (Wildman–Crippen LogP) is 3.20. The highest BCUT2D eigenvalue weighted by Crippen LogP contribution is 2.27. The van der Waals surface area contributed by atoms with E-state index in [9.17, 15) is 4.79 Å². The molecule has 0 aliphatic carbocycles. The monoisotopic (exact) mass is 339 g/mol. The Morgan fingerprint density at radius 1 is 1.00 bits per heavy atom. The first-order valence-corrected chi connectivity index (χ1v) is 8.82. The molecule has 0 spiro atoms. The highest BCUT2D eigenvalue weighted by atomic mass is 16.5. The first-order chi connectivity index (χ1) is 12.3. The largest absolute Gasteiger partial charge is 0.379 e. The van der Waals surface area contributed by atoms with Crippen molar-refractivity contribution in [1.29, 1.82) is 0 Å². The van der Waals surface area contributed by atoms with Crippen LogP contribution in [0.4, 0.5) is 10.5 Å². The lowest BCUT2D eigenvalue weighted by Crippen LogP contribution is -2.38. The molecule has 0 radical (unpaired) electrons. The Hall–Kier alpha value is -2.37. The number of para-hydroxylation sites is 1. The van der Waals surface area contributed by atoms with Crippen LogP contribution in [-0.2, 0) is 4.74 Å². The number of nitrogens with one attached hydrogen (secondary N) is 2. The van der Waals surface area contributed by atoms with E-state index in [-0.39, 0.29) is 6.03 Å². The first kappa shape index (κ1) is 17.5. The summed E-state index contributed by atoms with van der Waals surface area (Å²) < 4.78 is 5.34. The summed E-state index contributed by atoms with van der Waals surface area (Å²) in [5, 5.41) is 5.91. The first-order valence-electron chi connectivity index (χ1n) is 8.82. The van der Waals surface area contributed by atoms with Crippen molar-refractivity contribution < 1.29 is 9.53 Å². The van der Waals surface area contributed by atoms with Crippen LogP contribution in [0.3, 0.4) is 0 Å². The summed E-state index contributed by atoms with van der Waals surface area (Å²) in [4.78, 5) is 14.6. The van der Waals surface area contributed by atoms with Crippen LogP contribution in [0.15, 0.2) is 54.6 Å². The number of anilines is 1. The summed E-state index contributed by atoms with van der Waals surface area (Å²) in [6.07, 6.45) is 0.938. The number of ether oxygens (including phenoxy) is 1. The van der Waals surface area contributed by atoms with Gasteiger partial charge in [0, 0.05) is 25.2 Å². The maximum atomic E-state index is 12.2. The SMILES string of the molecule is O=C(NCCCN1CCOCC1)Nc1ccccc1-c1ccccc1. The Morgan fingerprint density at radius 3 is 2.52 bits per heavy atom. The van der Waals surface area contributed by atoms with Crippen molar-refractivity contribution in [3.8, 4) is 11.1 Å². The summed E-state index contributed by atoms with van der Waals surface area (Å²) in [7, 11) is 0. The number of rotatable bonds is 6. The van der Waals surface area contributed by atoms with E-state index in [0.29, 0.717) is 6.54 Å². The number of benzene rings is 2. The Bertz CT molecular complexity index is 670. The zero-order valence-electron chi connectivity index (χ0n) is 14.4. The van der Waals surface area contributed by atoms with Crippen molar-refractivity contribution in [3.05, 3.63) is 54.6 Å². The number of morpholine rings is 1. The Balaban J connectivity index is 1.48. The van der Waals surface area contributed by atoms with Crippen LogP contribution in [0, 0.1) is 0 Å². The maximum Gasteiger partial charge on any atom is 0.319 e. The molecule has 1 saturated heterocycles. The van der Waals surface area contributed by atoms with Crippen molar-refractivity contribution in [2.24, 2.45) is 0 Å². The van der Waals surface area contributed by atoms with Gasteiger partial charge in [0.15, 0.2) is 0 Å². The van der Waals surface area contributed by atoms with Crippen molar-refractivity contribution in [3.63, 3.8) is 0 Å². The zero-order chi connectivity index (χ0) is 17.3. The predicted molar refractivity (Wildman–Crippen MR) is 101 cm³/mol. The topological polar surface area (TPSA) is 53.6 Å². The van der Waals surface area contributed by atoms with Crippen LogP contribution >= 0.6 is 0 Å². The van der Waals surface area contributed by atoms with Crippen LogP contribution in [0.5, 0.6) is 0 Å². The molecule has 5 heteroatoms. The summed E-state index contributed by atoms with van der Waals surface area (Å²) in [6.45, 7) is 5.24. The van der Waals surface area contributed by atoms with Crippen LogP contribution in [0.25, 0.3) is 11.1 Å². The van der Waals surface area contributed by atoms with Crippen LogP contribution < -0.4 is 10.6 Å².